The monoisotopic (exact) mass is 382 g/mol. The van der Waals surface area contributed by atoms with Gasteiger partial charge in [0.2, 0.25) is 5.96 Å². The molecular weight excluding hydrogens is 367 g/mol. The van der Waals surface area contributed by atoms with Crippen LogP contribution in [0.15, 0.2) is 21.6 Å². The Balaban J connectivity index is 2.64. The van der Waals surface area contributed by atoms with E-state index in [0.717, 1.165) is 10.9 Å². The third-order valence-electron chi connectivity index (χ3n) is 2.35. The number of halogens is 3. The van der Waals surface area contributed by atoms with E-state index in [4.69, 9.17) is 33.8 Å². The van der Waals surface area contributed by atoms with Gasteiger partial charge in [-0.3, -0.25) is 10.4 Å². The second kappa shape index (κ2) is 9.41. The molecule has 4 N–H and O–H groups in total. The van der Waals surface area contributed by atoms with E-state index in [0.29, 0.717) is 41.5 Å². The molecule has 112 valence electrons. The van der Waals surface area contributed by atoms with E-state index < -0.39 is 0 Å². The molecule has 0 amide bonds. The number of hydrogen-bond acceptors (Lipinski definition) is 3. The Hall–Kier alpha value is -0.530. The molecule has 0 aromatic heterocycles. The predicted octanol–water partition coefficient (Wildman–Crippen LogP) is 3.41. The number of hydrazine groups is 1. The summed E-state index contributed by atoms with van der Waals surface area (Å²) >= 11 is 15.5. The van der Waals surface area contributed by atoms with Crippen LogP contribution >= 0.6 is 39.1 Å². The highest BCUT2D eigenvalue weighted by Crippen LogP contribution is 2.35. The Labute approximate surface area is 137 Å². The van der Waals surface area contributed by atoms with E-state index in [1.165, 1.54) is 0 Å². The van der Waals surface area contributed by atoms with Gasteiger partial charge in [0.25, 0.3) is 0 Å². The smallest absolute Gasteiger partial charge is 0.210 e. The number of ether oxygens (including phenoxy) is 1. The van der Waals surface area contributed by atoms with Crippen molar-refractivity contribution in [3.8, 4) is 0 Å². The molecule has 0 saturated heterocycles. The maximum atomic E-state index is 6.13. The molecule has 0 heterocycles. The van der Waals surface area contributed by atoms with Crippen LogP contribution in [0.25, 0.3) is 0 Å². The number of rotatable bonds is 6. The van der Waals surface area contributed by atoms with Gasteiger partial charge >= 0.3 is 0 Å². The first-order valence-corrected chi connectivity index (χ1v) is 7.64. The molecule has 0 aliphatic heterocycles. The van der Waals surface area contributed by atoms with Gasteiger partial charge < -0.3 is 10.1 Å². The lowest BCUT2D eigenvalue weighted by molar-refractivity contribution is 0.146. The van der Waals surface area contributed by atoms with Crippen molar-refractivity contribution in [1.82, 2.24) is 5.43 Å². The molecule has 5 nitrogen and oxygen atoms in total. The minimum absolute atomic E-state index is 0.401. The van der Waals surface area contributed by atoms with Crippen molar-refractivity contribution in [3.63, 3.8) is 0 Å². The quantitative estimate of drug-likeness (QED) is 0.176. The number of nitrogens with two attached hydrogens (primary N) is 1. The summed E-state index contributed by atoms with van der Waals surface area (Å²) in [5.74, 6) is 5.84. The molecule has 0 radical (unpaired) electrons. The summed E-state index contributed by atoms with van der Waals surface area (Å²) < 4.78 is 5.96. The summed E-state index contributed by atoms with van der Waals surface area (Å²) in [6.45, 7) is 3.92. The Morgan fingerprint density at radius 2 is 2.15 bits per heavy atom. The van der Waals surface area contributed by atoms with Gasteiger partial charge in [-0.2, -0.15) is 0 Å². The molecule has 0 fully saturated rings. The lowest BCUT2D eigenvalue weighted by Gasteiger charge is -2.12. The molecule has 8 heteroatoms. The second-order valence-corrected chi connectivity index (χ2v) is 5.38. The molecule has 1 aromatic carbocycles. The number of aliphatic imine (C=N–C) groups is 1. The second-order valence-electron chi connectivity index (χ2n) is 3.77. The van der Waals surface area contributed by atoms with E-state index in [2.05, 4.69) is 31.7 Å². The molecule has 1 rings (SSSR count). The maximum absolute atomic E-state index is 6.13. The Morgan fingerprint density at radius 3 is 2.80 bits per heavy atom. The van der Waals surface area contributed by atoms with Crippen LogP contribution in [0.3, 0.4) is 0 Å². The molecule has 1 aromatic rings. The standard InChI is InChI=1S/C12H17BrCl2N4O/c1-2-20-7-3-6-17-12(19-16)18-9-5-4-8(13)10(14)11(9)15/h4-5H,2-3,6-7,16H2,1H3,(H2,17,18,19). The number of nitrogens with one attached hydrogen (secondary N) is 2. The number of guanidine groups is 1. The van der Waals surface area contributed by atoms with Gasteiger partial charge in [-0.15, -0.1) is 0 Å². The number of anilines is 1. The fourth-order valence-corrected chi connectivity index (χ4v) is 2.19. The van der Waals surface area contributed by atoms with Crippen molar-refractivity contribution >= 4 is 50.8 Å². The fourth-order valence-electron chi connectivity index (χ4n) is 1.37. The number of hydrogen-bond donors (Lipinski definition) is 3. The van der Waals surface area contributed by atoms with Crippen molar-refractivity contribution in [3.05, 3.63) is 26.7 Å². The van der Waals surface area contributed by atoms with Crippen molar-refractivity contribution < 1.29 is 4.74 Å². The van der Waals surface area contributed by atoms with Crippen LogP contribution in [0, 0.1) is 0 Å². The predicted molar refractivity (Wildman–Crippen MR) is 88.5 cm³/mol. The average molecular weight is 384 g/mol. The lowest BCUT2D eigenvalue weighted by atomic mass is 10.3. The first-order valence-electron chi connectivity index (χ1n) is 6.09. The molecule has 0 aliphatic rings. The Bertz CT molecular complexity index is 471. The van der Waals surface area contributed by atoms with Crippen molar-refractivity contribution in [2.75, 3.05) is 25.1 Å². The van der Waals surface area contributed by atoms with Crippen LogP contribution in [0.5, 0.6) is 0 Å². The molecule has 0 aliphatic carbocycles. The lowest BCUT2D eigenvalue weighted by Crippen LogP contribution is -2.36. The summed E-state index contributed by atoms with van der Waals surface area (Å²) in [6.07, 6.45) is 0.815. The zero-order valence-corrected chi connectivity index (χ0v) is 14.1. The summed E-state index contributed by atoms with van der Waals surface area (Å²) in [5.41, 5.74) is 3.11. The molecule has 0 unspecified atom stereocenters. The minimum Gasteiger partial charge on any atom is -0.382 e. The SMILES string of the molecule is CCOCCCN=C(NN)Nc1ccc(Br)c(Cl)c1Cl. The first-order chi connectivity index (χ1) is 9.60. The van der Waals surface area contributed by atoms with Gasteiger partial charge in [0.1, 0.15) is 0 Å². The number of nitrogens with zero attached hydrogens (tertiary/aromatic N) is 1. The highest BCUT2D eigenvalue weighted by atomic mass is 79.9. The topological polar surface area (TPSA) is 71.7 Å². The summed E-state index contributed by atoms with van der Waals surface area (Å²) in [7, 11) is 0. The van der Waals surface area contributed by atoms with E-state index in [1.807, 2.05) is 6.92 Å². The van der Waals surface area contributed by atoms with E-state index in [9.17, 15) is 0 Å². The largest absolute Gasteiger partial charge is 0.382 e. The van der Waals surface area contributed by atoms with Gasteiger partial charge in [0.05, 0.1) is 15.7 Å². The van der Waals surface area contributed by atoms with Gasteiger partial charge in [-0.1, -0.05) is 23.2 Å². The van der Waals surface area contributed by atoms with Crippen LogP contribution < -0.4 is 16.6 Å². The normalized spacial score (nSPS) is 11.6. The molecular formula is C12H17BrCl2N4O. The van der Waals surface area contributed by atoms with E-state index in [1.54, 1.807) is 12.1 Å². The molecule has 0 spiro atoms. The minimum atomic E-state index is 0.401. The Kier molecular flexibility index (Phi) is 8.25. The zero-order valence-electron chi connectivity index (χ0n) is 11.0. The summed E-state index contributed by atoms with van der Waals surface area (Å²) in [4.78, 5) is 4.28. The zero-order chi connectivity index (χ0) is 15.0. The van der Waals surface area contributed by atoms with Crippen LogP contribution in [-0.4, -0.2) is 25.7 Å². The summed E-state index contributed by atoms with van der Waals surface area (Å²) in [5, 5.41) is 3.83. The Morgan fingerprint density at radius 1 is 1.40 bits per heavy atom. The van der Waals surface area contributed by atoms with Crippen LogP contribution in [0.1, 0.15) is 13.3 Å². The van der Waals surface area contributed by atoms with Crippen molar-refractivity contribution in [2.45, 2.75) is 13.3 Å². The number of benzene rings is 1. The van der Waals surface area contributed by atoms with Gasteiger partial charge in [-0.05, 0) is 41.4 Å². The van der Waals surface area contributed by atoms with E-state index in [-0.39, 0.29) is 0 Å². The molecule has 0 atom stereocenters. The molecule has 0 bridgehead atoms. The van der Waals surface area contributed by atoms with Crippen LogP contribution in [-0.2, 0) is 4.74 Å². The summed E-state index contributed by atoms with van der Waals surface area (Å²) in [6, 6.07) is 3.57. The van der Waals surface area contributed by atoms with Gasteiger partial charge in [0, 0.05) is 24.2 Å². The van der Waals surface area contributed by atoms with Crippen molar-refractivity contribution in [1.29, 1.82) is 0 Å². The van der Waals surface area contributed by atoms with E-state index >= 15 is 0 Å². The van der Waals surface area contributed by atoms with Crippen molar-refractivity contribution in [2.24, 2.45) is 10.8 Å². The molecule has 20 heavy (non-hydrogen) atoms. The highest BCUT2D eigenvalue weighted by molar-refractivity contribution is 9.10. The maximum Gasteiger partial charge on any atom is 0.210 e. The van der Waals surface area contributed by atoms with Crippen LogP contribution in [0.4, 0.5) is 5.69 Å². The first kappa shape index (κ1) is 17.5. The van der Waals surface area contributed by atoms with Crippen LogP contribution in [0.2, 0.25) is 10.0 Å². The fraction of sp³-hybridized carbons (Fsp3) is 0.417. The van der Waals surface area contributed by atoms with Gasteiger partial charge in [-0.25, -0.2) is 5.84 Å². The third-order valence-corrected chi connectivity index (χ3v) is 4.12. The highest BCUT2D eigenvalue weighted by Gasteiger charge is 2.09. The third kappa shape index (κ3) is 5.46. The molecule has 0 saturated carbocycles. The van der Waals surface area contributed by atoms with Gasteiger partial charge in [0.15, 0.2) is 0 Å². The average Bonchev–Trinajstić information content (AvgIpc) is 2.46.